The molecule has 0 saturated carbocycles. The Bertz CT molecular complexity index is 817. The highest BCUT2D eigenvalue weighted by Gasteiger charge is 2.50. The maximum absolute atomic E-state index is 13.4. The van der Waals surface area contributed by atoms with E-state index in [1.807, 2.05) is 0 Å². The highest BCUT2D eigenvalue weighted by Crippen LogP contribution is 2.46. The predicted molar refractivity (Wildman–Crippen MR) is 97.2 cm³/mol. The topological polar surface area (TPSA) is 80.7 Å². The van der Waals surface area contributed by atoms with E-state index >= 15 is 0 Å². The molecule has 1 aromatic rings. The first-order valence-electron chi connectivity index (χ1n) is 8.68. The third-order valence-corrected chi connectivity index (χ3v) is 5.52. The van der Waals surface area contributed by atoms with E-state index in [1.165, 1.54) is 6.92 Å². The predicted octanol–water partition coefficient (Wildman–Crippen LogP) is 3.42. The lowest BCUT2D eigenvalue weighted by Crippen LogP contribution is -2.47. The van der Waals surface area contributed by atoms with E-state index in [2.05, 4.69) is 0 Å². The van der Waals surface area contributed by atoms with Crippen molar-refractivity contribution in [3.63, 3.8) is 0 Å². The second-order valence-corrected chi connectivity index (χ2v) is 7.54. The van der Waals surface area contributed by atoms with Crippen molar-refractivity contribution in [3.05, 3.63) is 39.9 Å². The Kier molecular flexibility index (Phi) is 5.04. The summed E-state index contributed by atoms with van der Waals surface area (Å²) in [6.45, 7) is 3.80. The van der Waals surface area contributed by atoms with Gasteiger partial charge in [0.2, 0.25) is 0 Å². The number of hydrogen-bond donors (Lipinski definition) is 1. The minimum absolute atomic E-state index is 0.0292. The van der Waals surface area contributed by atoms with Crippen molar-refractivity contribution >= 4 is 34.7 Å². The molecule has 1 spiro atoms. The van der Waals surface area contributed by atoms with Gasteiger partial charge in [0.15, 0.2) is 11.6 Å². The van der Waals surface area contributed by atoms with Gasteiger partial charge in [0.25, 0.3) is 0 Å². The number of aliphatic hydroxyl groups excluding tert-OH is 1. The lowest BCUT2D eigenvalue weighted by molar-refractivity contribution is -0.130. The number of ether oxygens (including phenoxy) is 1. The summed E-state index contributed by atoms with van der Waals surface area (Å²) in [6, 6.07) is 5.01. The fourth-order valence-electron chi connectivity index (χ4n) is 3.95. The number of rotatable bonds is 4. The number of ketones is 3. The van der Waals surface area contributed by atoms with Crippen LogP contribution in [0.4, 0.5) is 0 Å². The molecule has 26 heavy (non-hydrogen) atoms. The molecule has 0 aromatic heterocycles. The highest BCUT2D eigenvalue weighted by atomic mass is 35.5. The van der Waals surface area contributed by atoms with E-state index in [-0.39, 0.29) is 29.3 Å². The lowest BCUT2D eigenvalue weighted by Gasteiger charge is -2.40. The largest absolute Gasteiger partial charge is 0.506 e. The zero-order valence-corrected chi connectivity index (χ0v) is 15.6. The summed E-state index contributed by atoms with van der Waals surface area (Å²) in [5.41, 5.74) is -0.0121. The van der Waals surface area contributed by atoms with Gasteiger partial charge in [-0.3, -0.25) is 9.59 Å². The van der Waals surface area contributed by atoms with E-state index in [4.69, 9.17) is 16.3 Å². The van der Waals surface area contributed by atoms with Crippen LogP contribution in [0.15, 0.2) is 23.8 Å². The molecular formula is C20H21ClO5. The van der Waals surface area contributed by atoms with Crippen molar-refractivity contribution < 1.29 is 24.2 Å². The van der Waals surface area contributed by atoms with Gasteiger partial charge in [-0.2, -0.15) is 0 Å². The van der Waals surface area contributed by atoms with Crippen molar-refractivity contribution in [3.8, 4) is 0 Å². The molecule has 6 heteroatoms. The number of Topliss-reactive ketones (excluding diaryl/α,β-unsaturated/α-hetero) is 3. The SMILES string of the molecule is CC(=O)CC(C)C(=O)C1=C(O)c2cc(Cl)ccc2C2(CCOCC2)C1=O. The maximum Gasteiger partial charge on any atom is 0.180 e. The summed E-state index contributed by atoms with van der Waals surface area (Å²) in [5, 5.41) is 11.2. The molecule has 2 aliphatic rings. The zero-order valence-electron chi connectivity index (χ0n) is 14.8. The smallest absolute Gasteiger partial charge is 0.180 e. The number of hydrogen-bond acceptors (Lipinski definition) is 5. The first-order valence-corrected chi connectivity index (χ1v) is 9.05. The standard InChI is InChI=1S/C20H21ClO5/c1-11(9-12(2)22)17(23)16-18(24)14-10-13(21)3-4-15(14)20(19(16)25)5-7-26-8-6-20/h3-4,10-11,24H,5-9H2,1-2H3. The van der Waals surface area contributed by atoms with Gasteiger partial charge in [0.05, 0.1) is 5.41 Å². The van der Waals surface area contributed by atoms with Crippen LogP contribution in [0.2, 0.25) is 5.02 Å². The third kappa shape index (κ3) is 2.99. The monoisotopic (exact) mass is 376 g/mol. The number of halogens is 1. The summed E-state index contributed by atoms with van der Waals surface area (Å²) in [7, 11) is 0. The Morgan fingerprint density at radius 1 is 1.31 bits per heavy atom. The first kappa shape index (κ1) is 18.8. The van der Waals surface area contributed by atoms with Gasteiger partial charge >= 0.3 is 0 Å². The van der Waals surface area contributed by atoms with Gasteiger partial charge in [-0.1, -0.05) is 24.6 Å². The second-order valence-electron chi connectivity index (χ2n) is 7.11. The van der Waals surface area contributed by atoms with Gasteiger partial charge in [-0.15, -0.1) is 0 Å². The van der Waals surface area contributed by atoms with Gasteiger partial charge < -0.3 is 14.6 Å². The number of aliphatic hydroxyl groups is 1. The van der Waals surface area contributed by atoms with Crippen LogP contribution in [0.25, 0.3) is 5.76 Å². The van der Waals surface area contributed by atoms with Crippen molar-refractivity contribution in [2.24, 2.45) is 5.92 Å². The second kappa shape index (κ2) is 6.97. The molecule has 3 rings (SSSR count). The fraction of sp³-hybridized carbons (Fsp3) is 0.450. The summed E-state index contributed by atoms with van der Waals surface area (Å²) in [4.78, 5) is 37.7. The first-order chi connectivity index (χ1) is 12.3. The molecule has 138 valence electrons. The number of allylic oxidation sites excluding steroid dienone is 1. The Labute approximate surface area is 157 Å². The van der Waals surface area contributed by atoms with Gasteiger partial charge in [0.1, 0.15) is 17.1 Å². The number of benzene rings is 1. The van der Waals surface area contributed by atoms with E-state index in [1.54, 1.807) is 25.1 Å². The van der Waals surface area contributed by atoms with E-state index < -0.39 is 17.1 Å². The van der Waals surface area contributed by atoms with E-state index in [0.29, 0.717) is 42.2 Å². The van der Waals surface area contributed by atoms with E-state index in [9.17, 15) is 19.5 Å². The van der Waals surface area contributed by atoms with Crippen LogP contribution in [0, 0.1) is 5.92 Å². The van der Waals surface area contributed by atoms with Crippen LogP contribution < -0.4 is 0 Å². The van der Waals surface area contributed by atoms with Crippen LogP contribution in [-0.4, -0.2) is 35.7 Å². The molecule has 0 radical (unpaired) electrons. The highest BCUT2D eigenvalue weighted by molar-refractivity contribution is 6.32. The van der Waals surface area contributed by atoms with Crippen molar-refractivity contribution in [2.45, 2.75) is 38.5 Å². The molecule has 1 heterocycles. The van der Waals surface area contributed by atoms with Crippen LogP contribution in [0.5, 0.6) is 0 Å². The quantitative estimate of drug-likeness (QED) is 0.814. The Morgan fingerprint density at radius 2 is 1.96 bits per heavy atom. The molecule has 5 nitrogen and oxygen atoms in total. The average molecular weight is 377 g/mol. The zero-order chi connectivity index (χ0) is 19.1. The summed E-state index contributed by atoms with van der Waals surface area (Å²) >= 11 is 6.09. The molecular weight excluding hydrogens is 356 g/mol. The van der Waals surface area contributed by atoms with Crippen LogP contribution >= 0.6 is 11.6 Å². The van der Waals surface area contributed by atoms with Gasteiger partial charge in [-0.05, 0) is 37.5 Å². The van der Waals surface area contributed by atoms with Gasteiger partial charge in [0, 0.05) is 36.1 Å². The number of carbonyl (C=O) groups is 3. The molecule has 1 saturated heterocycles. The van der Waals surface area contributed by atoms with Gasteiger partial charge in [-0.25, -0.2) is 0 Å². The van der Waals surface area contributed by atoms with Crippen molar-refractivity contribution in [1.82, 2.24) is 0 Å². The van der Waals surface area contributed by atoms with Crippen molar-refractivity contribution in [1.29, 1.82) is 0 Å². The van der Waals surface area contributed by atoms with Crippen LogP contribution in [-0.2, 0) is 24.5 Å². The summed E-state index contributed by atoms with van der Waals surface area (Å²) < 4.78 is 5.42. The molecule has 1 aliphatic heterocycles. The molecule has 1 aliphatic carbocycles. The Balaban J connectivity index is 2.17. The molecule has 0 bridgehead atoms. The maximum atomic E-state index is 13.4. The summed E-state index contributed by atoms with van der Waals surface area (Å²) in [5.74, 6) is -2.04. The van der Waals surface area contributed by atoms with Crippen LogP contribution in [0.3, 0.4) is 0 Å². The average Bonchev–Trinajstić information content (AvgIpc) is 2.60. The number of fused-ring (bicyclic) bond motifs is 2. The fourth-order valence-corrected chi connectivity index (χ4v) is 4.12. The van der Waals surface area contributed by atoms with E-state index in [0.717, 1.165) is 0 Å². The molecule has 1 aromatic carbocycles. The number of carbonyl (C=O) groups excluding carboxylic acids is 3. The molecule has 1 fully saturated rings. The minimum Gasteiger partial charge on any atom is -0.506 e. The molecule has 1 atom stereocenters. The Hall–Kier alpha value is -1.98. The third-order valence-electron chi connectivity index (χ3n) is 5.28. The molecule has 1 N–H and O–H groups in total. The van der Waals surface area contributed by atoms with Crippen molar-refractivity contribution in [2.75, 3.05) is 13.2 Å². The van der Waals surface area contributed by atoms with Crippen LogP contribution in [0.1, 0.15) is 44.2 Å². The molecule has 0 amide bonds. The summed E-state index contributed by atoms with van der Waals surface area (Å²) in [6.07, 6.45) is 0.901. The lowest BCUT2D eigenvalue weighted by atomic mass is 9.63. The normalized spacial score (nSPS) is 20.0. The minimum atomic E-state index is -0.897. The Morgan fingerprint density at radius 3 is 2.58 bits per heavy atom. The molecule has 1 unspecified atom stereocenters.